The van der Waals surface area contributed by atoms with E-state index < -0.39 is 12.0 Å². The van der Waals surface area contributed by atoms with Crippen molar-refractivity contribution in [3.05, 3.63) is 18.2 Å². The van der Waals surface area contributed by atoms with Crippen LogP contribution in [0.15, 0.2) is 12.5 Å². The first kappa shape index (κ1) is 13.5. The van der Waals surface area contributed by atoms with Crippen molar-refractivity contribution in [2.45, 2.75) is 25.3 Å². The lowest BCUT2D eigenvalue weighted by molar-refractivity contribution is -0.142. The third-order valence-electron chi connectivity index (χ3n) is 3.26. The Morgan fingerprint density at radius 3 is 3.00 bits per heavy atom. The van der Waals surface area contributed by atoms with Crippen molar-refractivity contribution in [3.8, 4) is 0 Å². The van der Waals surface area contributed by atoms with E-state index in [1.54, 1.807) is 6.20 Å². The Morgan fingerprint density at radius 1 is 1.58 bits per heavy atom. The molecule has 2 atom stereocenters. The number of carbonyl (C=O) groups excluding carboxylic acids is 1. The smallest absolute Gasteiger partial charge is 0.326 e. The number of aromatic amines is 1. The van der Waals surface area contributed by atoms with Crippen LogP contribution in [0.1, 0.15) is 18.5 Å². The summed E-state index contributed by atoms with van der Waals surface area (Å²) in [6.45, 7) is 1.53. The average molecular weight is 266 g/mol. The summed E-state index contributed by atoms with van der Waals surface area (Å²) in [6, 6.07) is -0.921. The van der Waals surface area contributed by atoms with E-state index in [9.17, 15) is 9.59 Å². The van der Waals surface area contributed by atoms with E-state index in [1.807, 2.05) is 0 Å². The molecule has 1 aromatic heterocycles. The van der Waals surface area contributed by atoms with Gasteiger partial charge in [-0.05, 0) is 19.4 Å². The van der Waals surface area contributed by atoms with Gasteiger partial charge in [0.2, 0.25) is 5.91 Å². The monoisotopic (exact) mass is 266 g/mol. The summed E-state index contributed by atoms with van der Waals surface area (Å²) in [4.78, 5) is 29.9. The molecule has 0 bridgehead atoms. The molecule has 1 saturated heterocycles. The van der Waals surface area contributed by atoms with E-state index in [2.05, 4.69) is 20.6 Å². The number of carboxylic acid groups (broad SMARTS) is 1. The van der Waals surface area contributed by atoms with Gasteiger partial charge in [-0.3, -0.25) is 4.79 Å². The molecule has 104 valence electrons. The van der Waals surface area contributed by atoms with Gasteiger partial charge in [0.15, 0.2) is 0 Å². The molecule has 7 nitrogen and oxygen atoms in total. The van der Waals surface area contributed by atoms with Crippen LogP contribution in [0.4, 0.5) is 0 Å². The molecular formula is C12H18N4O3. The first-order valence-electron chi connectivity index (χ1n) is 6.38. The zero-order valence-corrected chi connectivity index (χ0v) is 10.6. The Bertz CT molecular complexity index is 426. The Kier molecular flexibility index (Phi) is 4.51. The lowest BCUT2D eigenvalue weighted by Gasteiger charge is -2.23. The van der Waals surface area contributed by atoms with Gasteiger partial charge in [0.25, 0.3) is 0 Å². The number of hydrogen-bond donors (Lipinski definition) is 4. The summed E-state index contributed by atoms with van der Waals surface area (Å²) in [5, 5.41) is 14.9. The molecule has 1 amide bonds. The average Bonchev–Trinajstić information content (AvgIpc) is 2.91. The molecular weight excluding hydrogens is 248 g/mol. The van der Waals surface area contributed by atoms with Crippen molar-refractivity contribution in [1.29, 1.82) is 0 Å². The topological polar surface area (TPSA) is 107 Å². The van der Waals surface area contributed by atoms with Crippen molar-refractivity contribution in [1.82, 2.24) is 20.6 Å². The van der Waals surface area contributed by atoms with Crippen molar-refractivity contribution < 1.29 is 14.7 Å². The fourth-order valence-electron chi connectivity index (χ4n) is 2.18. The van der Waals surface area contributed by atoms with Crippen molar-refractivity contribution >= 4 is 11.9 Å². The van der Waals surface area contributed by atoms with E-state index in [4.69, 9.17) is 5.11 Å². The van der Waals surface area contributed by atoms with Gasteiger partial charge in [-0.25, -0.2) is 9.78 Å². The highest BCUT2D eigenvalue weighted by Crippen LogP contribution is 2.10. The number of nitrogens with one attached hydrogen (secondary N) is 3. The molecule has 0 radical (unpaired) electrons. The third-order valence-corrected chi connectivity index (χ3v) is 3.26. The Balaban J connectivity index is 1.92. The van der Waals surface area contributed by atoms with Gasteiger partial charge in [0, 0.05) is 24.9 Å². The highest BCUT2D eigenvalue weighted by molar-refractivity contribution is 5.85. The number of piperidine rings is 1. The molecule has 7 heteroatoms. The first-order valence-corrected chi connectivity index (χ1v) is 6.38. The van der Waals surface area contributed by atoms with Gasteiger partial charge in [-0.1, -0.05) is 0 Å². The van der Waals surface area contributed by atoms with Crippen LogP contribution in [0.5, 0.6) is 0 Å². The minimum absolute atomic E-state index is 0.141. The van der Waals surface area contributed by atoms with Crippen molar-refractivity contribution in [2.75, 3.05) is 13.1 Å². The predicted molar refractivity (Wildman–Crippen MR) is 67.5 cm³/mol. The second-order valence-electron chi connectivity index (χ2n) is 4.72. The number of aliphatic carboxylic acids is 1. The maximum Gasteiger partial charge on any atom is 0.326 e. The largest absolute Gasteiger partial charge is 0.480 e. The number of amides is 1. The fraction of sp³-hybridized carbons (Fsp3) is 0.583. The number of nitrogens with zero attached hydrogens (tertiary/aromatic N) is 1. The quantitative estimate of drug-likeness (QED) is 0.576. The molecule has 0 spiro atoms. The predicted octanol–water partition coefficient (Wildman–Crippen LogP) is -0.479. The molecule has 1 aromatic rings. The van der Waals surface area contributed by atoms with E-state index in [-0.39, 0.29) is 18.2 Å². The molecule has 1 fully saturated rings. The number of aromatic nitrogens is 2. The summed E-state index contributed by atoms with van der Waals surface area (Å²) in [7, 11) is 0. The number of H-pyrrole nitrogens is 1. The molecule has 2 heterocycles. The fourth-order valence-corrected chi connectivity index (χ4v) is 2.18. The zero-order chi connectivity index (χ0) is 13.7. The van der Waals surface area contributed by atoms with Gasteiger partial charge in [0.05, 0.1) is 12.2 Å². The molecule has 0 aliphatic carbocycles. The van der Waals surface area contributed by atoms with Crippen LogP contribution < -0.4 is 10.6 Å². The van der Waals surface area contributed by atoms with E-state index in [1.165, 1.54) is 6.33 Å². The molecule has 1 aliphatic heterocycles. The second-order valence-corrected chi connectivity index (χ2v) is 4.72. The summed E-state index contributed by atoms with van der Waals surface area (Å²) in [5.74, 6) is -1.37. The first-order chi connectivity index (χ1) is 9.16. The van der Waals surface area contributed by atoms with E-state index >= 15 is 0 Å². The van der Waals surface area contributed by atoms with Crippen LogP contribution in [0.25, 0.3) is 0 Å². The van der Waals surface area contributed by atoms with Crippen molar-refractivity contribution in [2.24, 2.45) is 5.92 Å². The molecule has 2 rings (SSSR count). The summed E-state index contributed by atoms with van der Waals surface area (Å²) in [6.07, 6.45) is 5.00. The summed E-state index contributed by atoms with van der Waals surface area (Å²) >= 11 is 0. The maximum absolute atomic E-state index is 12.0. The lowest BCUT2D eigenvalue weighted by atomic mass is 9.98. The molecule has 0 unspecified atom stereocenters. The Labute approximate surface area is 110 Å². The van der Waals surface area contributed by atoms with Crippen molar-refractivity contribution in [3.63, 3.8) is 0 Å². The molecule has 1 aliphatic rings. The standard InChI is InChI=1S/C12H18N4O3/c17-11(8-2-1-3-13-5-8)16-10(12(18)19)4-9-6-14-7-15-9/h6-8,10,13H,1-5H2,(H,14,15)(H,16,17)(H,18,19)/t8-,10+/m0/s1. The van der Waals surface area contributed by atoms with Gasteiger partial charge in [0.1, 0.15) is 6.04 Å². The highest BCUT2D eigenvalue weighted by Gasteiger charge is 2.26. The van der Waals surface area contributed by atoms with Crippen LogP contribution >= 0.6 is 0 Å². The van der Waals surface area contributed by atoms with Crippen LogP contribution in [-0.2, 0) is 16.0 Å². The van der Waals surface area contributed by atoms with Gasteiger partial charge >= 0.3 is 5.97 Å². The molecule has 0 aromatic carbocycles. The minimum Gasteiger partial charge on any atom is -0.480 e. The number of hydrogen-bond acceptors (Lipinski definition) is 4. The second kappa shape index (κ2) is 6.33. The number of carbonyl (C=O) groups is 2. The maximum atomic E-state index is 12.0. The van der Waals surface area contributed by atoms with Gasteiger partial charge in [-0.2, -0.15) is 0 Å². The number of imidazole rings is 1. The number of rotatable bonds is 5. The van der Waals surface area contributed by atoms with E-state index in [0.29, 0.717) is 12.2 Å². The SMILES string of the molecule is O=C(N[C@H](Cc1cnc[nH]1)C(=O)O)[C@H]1CCCNC1. The lowest BCUT2D eigenvalue weighted by Crippen LogP contribution is -2.48. The third kappa shape index (κ3) is 3.78. The van der Waals surface area contributed by atoms with Crippen LogP contribution in [-0.4, -0.2) is 46.1 Å². The van der Waals surface area contributed by atoms with Crippen LogP contribution in [0.2, 0.25) is 0 Å². The Hall–Kier alpha value is -1.89. The van der Waals surface area contributed by atoms with Crippen LogP contribution in [0, 0.1) is 5.92 Å². The minimum atomic E-state index is -1.04. The highest BCUT2D eigenvalue weighted by atomic mass is 16.4. The Morgan fingerprint density at radius 2 is 2.42 bits per heavy atom. The van der Waals surface area contributed by atoms with Crippen LogP contribution in [0.3, 0.4) is 0 Å². The molecule has 19 heavy (non-hydrogen) atoms. The molecule has 0 saturated carbocycles. The van der Waals surface area contributed by atoms with Gasteiger partial charge in [-0.15, -0.1) is 0 Å². The summed E-state index contributed by atoms with van der Waals surface area (Å²) in [5.41, 5.74) is 0.689. The normalized spacial score (nSPS) is 20.7. The van der Waals surface area contributed by atoms with Gasteiger partial charge < -0.3 is 20.7 Å². The van der Waals surface area contributed by atoms with E-state index in [0.717, 1.165) is 19.4 Å². The molecule has 4 N–H and O–H groups in total. The zero-order valence-electron chi connectivity index (χ0n) is 10.6. The summed E-state index contributed by atoms with van der Waals surface area (Å²) < 4.78 is 0. The number of carboxylic acids is 1.